The Morgan fingerprint density at radius 2 is 0.810 bits per heavy atom. The van der Waals surface area contributed by atoms with Gasteiger partial charge in [0.25, 0.3) is 6.47 Å². The summed E-state index contributed by atoms with van der Waals surface area (Å²) in [5.41, 5.74) is 8.88. The predicted molar refractivity (Wildman–Crippen MR) is 385 cm³/mol. The SMILES string of the molecule is C.C.C.C.COC(=O)C(Br)c1ccc(OC)cc1.COC(=O)C(Oc1ccc(OC)cc1-c1nc2ccccc2o1)c1ccc(CO)cc1.COc1ccc(O)c(-c2nc3ccccc3o2)c1.COc1ccc(OC(C(=O)O)c2ccc(CO)cc2)c(-c2nc3ccccc3o2)c1.O=CO[O-].[H-].[K+].[K+].[Li+].[OH-]. The fourth-order valence-corrected chi connectivity index (χ4v) is 9.56. The van der Waals surface area contributed by atoms with E-state index in [0.717, 1.165) is 22.4 Å². The van der Waals surface area contributed by atoms with Gasteiger partial charge in [-0.1, -0.05) is 143 Å². The number of phenolic OH excluding ortho intramolecular Hbond substituents is 1. The zero-order chi connectivity index (χ0) is 69.4. The Morgan fingerprint density at radius 3 is 1.15 bits per heavy atom. The van der Waals surface area contributed by atoms with E-state index in [1.807, 2.05) is 78.9 Å². The Morgan fingerprint density at radius 1 is 0.486 bits per heavy atom. The van der Waals surface area contributed by atoms with Gasteiger partial charge >= 0.3 is 140 Å². The van der Waals surface area contributed by atoms with E-state index in [-0.39, 0.29) is 190 Å². The van der Waals surface area contributed by atoms with Crippen molar-refractivity contribution in [1.82, 2.24) is 15.0 Å². The number of rotatable bonds is 20. The third kappa shape index (κ3) is 26.5. The van der Waals surface area contributed by atoms with Crippen LogP contribution in [0.1, 0.15) is 76.0 Å². The first kappa shape index (κ1) is 97.1. The molecule has 3 aromatic heterocycles. The summed E-state index contributed by atoms with van der Waals surface area (Å²) in [7, 11) is 8.93. The minimum absolute atomic E-state index is 0. The van der Waals surface area contributed by atoms with Crippen LogP contribution < -0.4 is 155 Å². The number of ether oxygens (including phenoxy) is 8. The van der Waals surface area contributed by atoms with Gasteiger partial charge in [0, 0.05) is 11.1 Å². The number of carbonyl (C=O) groups excluding carboxylic acids is 3. The van der Waals surface area contributed by atoms with Crippen LogP contribution in [0.2, 0.25) is 0 Å². The number of para-hydroxylation sites is 6. The molecule has 0 aliphatic heterocycles. The minimum Gasteiger partial charge on any atom is -1.00 e. The molecule has 5 N–H and O–H groups in total. The van der Waals surface area contributed by atoms with E-state index in [4.69, 9.17) is 56.5 Å². The largest absolute Gasteiger partial charge is 1.00 e. The number of hydrogen-bond acceptors (Lipinski definition) is 24. The fourth-order valence-electron chi connectivity index (χ4n) is 9.07. The van der Waals surface area contributed by atoms with E-state index in [9.17, 15) is 34.8 Å². The number of hydrogen-bond donors (Lipinski definition) is 4. The molecule has 0 aliphatic carbocycles. The molecular weight excluding hydrogens is 1470 g/mol. The Balaban J connectivity index is 0. The summed E-state index contributed by atoms with van der Waals surface area (Å²) in [5, 5.41) is 46.5. The van der Waals surface area contributed by atoms with Gasteiger partial charge < -0.3 is 88.6 Å². The first-order valence-electron chi connectivity index (χ1n) is 29.0. The summed E-state index contributed by atoms with van der Waals surface area (Å²) in [6.07, 6.45) is -2.27. The van der Waals surface area contributed by atoms with Gasteiger partial charge in [0.05, 0.1) is 72.6 Å². The number of aromatic nitrogens is 3. The van der Waals surface area contributed by atoms with Crippen LogP contribution in [-0.4, -0.2) is 108 Å². The molecule has 12 aromatic rings. The van der Waals surface area contributed by atoms with Crippen molar-refractivity contribution in [2.75, 3.05) is 42.7 Å². The summed E-state index contributed by atoms with van der Waals surface area (Å²) < 4.78 is 59.7. The van der Waals surface area contributed by atoms with Gasteiger partial charge in [-0.3, -0.25) is 9.59 Å². The van der Waals surface area contributed by atoms with Gasteiger partial charge in [-0.2, -0.15) is 0 Å². The van der Waals surface area contributed by atoms with Gasteiger partial charge in [0.2, 0.25) is 29.9 Å². The Kier molecular flexibility index (Phi) is 45.3. The third-order valence-corrected chi connectivity index (χ3v) is 15.0. The van der Waals surface area contributed by atoms with Crippen molar-refractivity contribution in [2.45, 2.75) is 60.0 Å². The maximum Gasteiger partial charge on any atom is 1.00 e. The van der Waals surface area contributed by atoms with Crippen molar-refractivity contribution in [3.63, 3.8) is 0 Å². The molecule has 3 unspecified atom stereocenters. The normalized spacial score (nSPS) is 10.5. The van der Waals surface area contributed by atoms with Gasteiger partial charge in [-0.05, 0) is 120 Å². The Hall–Kier alpha value is -7.94. The number of aliphatic hydroxyl groups excluding tert-OH is 2. The number of halogens is 1. The van der Waals surface area contributed by atoms with E-state index in [1.54, 1.807) is 143 Å². The summed E-state index contributed by atoms with van der Waals surface area (Å²) >= 11 is 3.24. The zero-order valence-electron chi connectivity index (χ0n) is 57.2. The molecule has 0 amide bonds. The average molecular weight is 1550 g/mol. The fraction of sp³-hybridized carbons (Fsp3) is 0.197. The van der Waals surface area contributed by atoms with Gasteiger partial charge in [-0.25, -0.2) is 24.5 Å². The molecule has 0 saturated carbocycles. The van der Waals surface area contributed by atoms with E-state index >= 15 is 0 Å². The standard InChI is InChI=1S/C24H21NO6.C23H19NO6.C14H11NO3.C10H11BrO3.CH2O3.4CH4.2K.Li.H2O.H/c1-28-17-11-12-20(18(13-17)23-25-19-5-3-4-6-21(19)31-23)30-22(24(27)29-2)16-9-7-15(14-26)8-10-16;1-28-16-10-11-19(17(12-16)22-24-18-4-2-3-5-20(18)30-22)29-21(23(26)27)15-8-6-14(13-25)7-9-15;1-17-9-6-7-12(16)10(8-9)14-15-11-4-2-3-5-13(11)18-14;1-13-8-5-3-7(4-6-8)9(11)10(12)14-2;2-1-4-3;;;;;;;;;/h3-13,22,26H,14H2,1-2H3;2-12,21,25H,13H2,1H3,(H,26,27);2-8,16H,1H3;3-6,9H,1-2H3;1,3H;4*1H4;;;;1H2;/q;;;;;;;;;3*+1;;-1/p-2. The maximum atomic E-state index is 12.5. The van der Waals surface area contributed by atoms with Crippen molar-refractivity contribution in [1.29, 1.82) is 0 Å². The number of esters is 2. The van der Waals surface area contributed by atoms with E-state index in [2.05, 4.69) is 40.5 Å². The Bertz CT molecular complexity index is 4490. The molecule has 0 radical (unpaired) electrons. The molecule has 105 heavy (non-hydrogen) atoms. The van der Waals surface area contributed by atoms with Crippen molar-refractivity contribution in [3.05, 3.63) is 228 Å². The monoisotopic (exact) mass is 1550 g/mol. The van der Waals surface area contributed by atoms with Crippen LogP contribution in [0.15, 0.2) is 213 Å². The molecule has 9 aromatic carbocycles. The topological polar surface area (TPSA) is 363 Å². The second kappa shape index (κ2) is 49.0. The minimum atomic E-state index is -1.26. The number of nitrogens with zero attached hydrogens (tertiary/aromatic N) is 3. The third-order valence-electron chi connectivity index (χ3n) is 14.1. The smallest absolute Gasteiger partial charge is 1.00 e. The van der Waals surface area contributed by atoms with Crippen molar-refractivity contribution in [3.8, 4) is 74.6 Å². The number of carbonyl (C=O) groups is 4. The number of oxazole rings is 3. The summed E-state index contributed by atoms with van der Waals surface area (Å²) in [5.74, 6) is 2.34. The first-order chi connectivity index (χ1) is 47.1. The number of fused-ring (bicyclic) bond motifs is 3. The number of alkyl halides is 1. The van der Waals surface area contributed by atoms with Crippen LogP contribution >= 0.6 is 15.9 Å². The summed E-state index contributed by atoms with van der Waals surface area (Å²) in [4.78, 5) is 59.8. The molecule has 0 fully saturated rings. The molecule has 29 heteroatoms. The van der Waals surface area contributed by atoms with E-state index in [0.29, 0.717) is 108 Å². The van der Waals surface area contributed by atoms with Gasteiger partial charge in [0.15, 0.2) is 16.7 Å². The molecule has 0 bridgehead atoms. The summed E-state index contributed by atoms with van der Waals surface area (Å²) in [6, 6.07) is 58.0. The van der Waals surface area contributed by atoms with Crippen LogP contribution in [0, 0.1) is 0 Å². The predicted octanol–water partition coefficient (Wildman–Crippen LogP) is 5.93. The van der Waals surface area contributed by atoms with Crippen LogP contribution in [0.5, 0.6) is 40.2 Å². The van der Waals surface area contributed by atoms with Crippen LogP contribution in [0.3, 0.4) is 0 Å². The number of aliphatic hydroxyl groups is 2. The molecule has 25 nitrogen and oxygen atoms in total. The van der Waals surface area contributed by atoms with Gasteiger partial charge in [-0.15, -0.1) is 0 Å². The van der Waals surface area contributed by atoms with Gasteiger partial charge in [0.1, 0.15) is 61.6 Å². The quantitative estimate of drug-likeness (QED) is 0.0171. The molecule has 0 spiro atoms. The molecule has 0 saturated heterocycles. The average Bonchev–Trinajstić information content (AvgIpc) is 1.49. The second-order valence-corrected chi connectivity index (χ2v) is 21.0. The van der Waals surface area contributed by atoms with Crippen molar-refractivity contribution >= 4 is 73.6 Å². The number of methoxy groups -OCH3 is 6. The van der Waals surface area contributed by atoms with Crippen molar-refractivity contribution < 1.29 is 229 Å². The maximum absolute atomic E-state index is 12.5. The van der Waals surface area contributed by atoms with Crippen LogP contribution in [-0.2, 0) is 46.8 Å². The number of aromatic hydroxyl groups is 1. The molecule has 3 heterocycles. The molecule has 3 atom stereocenters. The number of carboxylic acid groups (broad SMARTS) is 1. The Labute approximate surface area is 714 Å². The number of benzene rings is 9. The number of carboxylic acids is 1. The molecular formula is C76H81BrK2LiN3O22. The zero-order valence-corrected chi connectivity index (χ0v) is 64.0. The number of phenols is 1. The van der Waals surface area contributed by atoms with Crippen LogP contribution in [0.25, 0.3) is 67.7 Å². The second-order valence-electron chi connectivity index (χ2n) is 20.1. The molecule has 0 aliphatic rings. The first-order valence-corrected chi connectivity index (χ1v) is 29.9. The number of aliphatic carboxylic acids is 1. The molecule has 12 rings (SSSR count). The van der Waals surface area contributed by atoms with E-state index < -0.39 is 29.0 Å². The molecule has 542 valence electrons. The van der Waals surface area contributed by atoms with E-state index in [1.165, 1.54) is 21.3 Å². The summed E-state index contributed by atoms with van der Waals surface area (Å²) in [6.45, 7) is -0.399. The van der Waals surface area contributed by atoms with Crippen molar-refractivity contribution in [2.24, 2.45) is 0 Å². The van der Waals surface area contributed by atoms with Crippen LogP contribution in [0.4, 0.5) is 0 Å².